The molecule has 5 aromatic rings. The zero-order valence-corrected chi connectivity index (χ0v) is 29.2. The minimum Gasteiger partial charge on any atom is -0.508 e. The molecular weight excluding hydrogens is 697 g/mol. The van der Waals surface area contributed by atoms with Gasteiger partial charge in [0.1, 0.15) is 5.75 Å². The normalized spacial score (nSPS) is 16.5. The SMILES string of the molecule is Cc1c(C(=O)N(c2ccc(O)cc2)c2cnn(C(F)(F)F)c2)cc(-c2cc(Cl)ccc2C(=O)N2Cc3ccccc3C[C@H]2CN2CCOCC2)n1C. The van der Waals surface area contributed by atoms with E-state index in [1.54, 1.807) is 42.8 Å². The number of carbonyl (C=O) groups excluding carboxylic acids is 2. The molecule has 14 heteroatoms. The van der Waals surface area contributed by atoms with E-state index in [4.69, 9.17) is 16.3 Å². The molecule has 10 nitrogen and oxygen atoms in total. The molecule has 1 saturated heterocycles. The van der Waals surface area contributed by atoms with Crippen molar-refractivity contribution in [1.29, 1.82) is 0 Å². The fourth-order valence-electron chi connectivity index (χ4n) is 6.99. The number of fused-ring (bicyclic) bond motifs is 1. The summed E-state index contributed by atoms with van der Waals surface area (Å²) in [5, 5.41) is 13.7. The number of nitrogens with zero attached hydrogens (tertiary/aromatic N) is 6. The first-order chi connectivity index (χ1) is 24.9. The summed E-state index contributed by atoms with van der Waals surface area (Å²) in [6.07, 6.45) is -2.43. The van der Waals surface area contributed by atoms with Crippen molar-refractivity contribution in [2.45, 2.75) is 32.2 Å². The van der Waals surface area contributed by atoms with E-state index in [9.17, 15) is 27.9 Å². The Morgan fingerprint density at radius 1 is 0.981 bits per heavy atom. The zero-order chi connectivity index (χ0) is 36.7. The van der Waals surface area contributed by atoms with Gasteiger partial charge in [0, 0.05) is 72.5 Å². The first-order valence-corrected chi connectivity index (χ1v) is 17.2. The number of rotatable bonds is 7. The molecule has 4 heterocycles. The second kappa shape index (κ2) is 14.1. The molecule has 3 aromatic carbocycles. The summed E-state index contributed by atoms with van der Waals surface area (Å²) in [7, 11) is 1.75. The van der Waals surface area contributed by atoms with Gasteiger partial charge in [0.05, 0.1) is 36.9 Å². The van der Waals surface area contributed by atoms with Crippen molar-refractivity contribution >= 4 is 34.8 Å². The number of amides is 2. The van der Waals surface area contributed by atoms with Crippen molar-refractivity contribution in [1.82, 2.24) is 24.1 Å². The molecule has 270 valence electrons. The number of hydrogen-bond acceptors (Lipinski definition) is 6. The van der Waals surface area contributed by atoms with E-state index in [1.807, 2.05) is 23.1 Å². The van der Waals surface area contributed by atoms with Gasteiger partial charge in [0.25, 0.3) is 11.8 Å². The molecule has 52 heavy (non-hydrogen) atoms. The van der Waals surface area contributed by atoms with E-state index in [1.165, 1.54) is 29.8 Å². The average molecular weight is 733 g/mol. The van der Waals surface area contributed by atoms with Crippen LogP contribution in [0.1, 0.15) is 37.5 Å². The van der Waals surface area contributed by atoms with E-state index < -0.39 is 12.2 Å². The Kier molecular flexibility index (Phi) is 9.59. The Morgan fingerprint density at radius 2 is 1.69 bits per heavy atom. The molecule has 0 saturated carbocycles. The first kappa shape index (κ1) is 35.3. The standard InChI is InChI=1S/C38H36ClF3N6O4/c1-24-33(37(51)48(28-8-10-31(49)11-9-28)30-20-43-47(23-30)38(40,41)42)19-35(44(24)2)34-18-27(39)7-12-32(34)36(50)46-21-26-6-4-3-5-25(26)17-29(46)22-45-13-15-52-16-14-45/h3-12,18-20,23,29,49H,13-17,21-22H2,1-2H3/t29-/m0/s1. The molecule has 1 atom stereocenters. The van der Waals surface area contributed by atoms with Gasteiger partial charge in [-0.2, -0.15) is 9.78 Å². The topological polar surface area (TPSA) is 96.1 Å². The second-order valence-electron chi connectivity index (χ2n) is 13.0. The third kappa shape index (κ3) is 6.91. The van der Waals surface area contributed by atoms with Crippen molar-refractivity contribution in [3.8, 4) is 17.0 Å². The average Bonchev–Trinajstić information content (AvgIpc) is 3.74. The largest absolute Gasteiger partial charge is 0.508 e. The van der Waals surface area contributed by atoms with Gasteiger partial charge in [-0.15, -0.1) is 13.2 Å². The number of aromatic nitrogens is 3. The minimum absolute atomic E-state index is 0.0807. The fourth-order valence-corrected chi connectivity index (χ4v) is 7.16. The van der Waals surface area contributed by atoms with Crippen LogP contribution in [0.2, 0.25) is 5.02 Å². The Balaban J connectivity index is 1.27. The summed E-state index contributed by atoms with van der Waals surface area (Å²) in [6.45, 7) is 5.68. The lowest BCUT2D eigenvalue weighted by Gasteiger charge is -2.40. The Morgan fingerprint density at radius 3 is 2.38 bits per heavy atom. The number of phenolic OH excluding ortho intramolecular Hbond substituents is 1. The van der Waals surface area contributed by atoms with Crippen LogP contribution in [0.25, 0.3) is 11.3 Å². The molecule has 0 spiro atoms. The van der Waals surface area contributed by atoms with Crippen molar-refractivity contribution in [3.05, 3.63) is 118 Å². The number of anilines is 2. The number of halogens is 4. The number of alkyl halides is 3. The van der Waals surface area contributed by atoms with Gasteiger partial charge >= 0.3 is 6.30 Å². The zero-order valence-electron chi connectivity index (χ0n) is 28.5. The van der Waals surface area contributed by atoms with E-state index in [2.05, 4.69) is 16.1 Å². The summed E-state index contributed by atoms with van der Waals surface area (Å²) in [6, 6.07) is 20.2. The highest BCUT2D eigenvalue weighted by Crippen LogP contribution is 2.36. The molecule has 0 aliphatic carbocycles. The summed E-state index contributed by atoms with van der Waals surface area (Å²) in [4.78, 5) is 34.5. The lowest BCUT2D eigenvalue weighted by molar-refractivity contribution is -0.212. The van der Waals surface area contributed by atoms with Gasteiger partial charge in [0.15, 0.2) is 0 Å². The van der Waals surface area contributed by atoms with E-state index in [-0.39, 0.29) is 39.3 Å². The third-order valence-electron chi connectivity index (χ3n) is 9.84. The van der Waals surface area contributed by atoms with Crippen LogP contribution >= 0.6 is 11.6 Å². The number of phenols is 1. The lowest BCUT2D eigenvalue weighted by Crippen LogP contribution is -2.52. The molecule has 2 amide bonds. The number of benzene rings is 3. The van der Waals surface area contributed by atoms with Crippen LogP contribution in [0.5, 0.6) is 5.75 Å². The van der Waals surface area contributed by atoms with Gasteiger partial charge in [-0.05, 0) is 73.0 Å². The highest BCUT2D eigenvalue weighted by Gasteiger charge is 2.36. The highest BCUT2D eigenvalue weighted by molar-refractivity contribution is 6.31. The van der Waals surface area contributed by atoms with Crippen LogP contribution in [-0.4, -0.2) is 80.0 Å². The van der Waals surface area contributed by atoms with Crippen molar-refractivity contribution in [2.75, 3.05) is 37.7 Å². The first-order valence-electron chi connectivity index (χ1n) is 16.8. The molecule has 1 fully saturated rings. The number of ether oxygens (including phenoxy) is 1. The smallest absolute Gasteiger partial charge is 0.504 e. The van der Waals surface area contributed by atoms with Crippen LogP contribution in [0.4, 0.5) is 24.5 Å². The molecule has 2 aliphatic heterocycles. The monoisotopic (exact) mass is 732 g/mol. The van der Waals surface area contributed by atoms with E-state index in [0.717, 1.165) is 35.9 Å². The Labute approximate surface area is 303 Å². The van der Waals surface area contributed by atoms with Crippen LogP contribution in [0.15, 0.2) is 85.2 Å². The molecule has 2 aliphatic rings. The number of hydrogen-bond donors (Lipinski definition) is 1. The van der Waals surface area contributed by atoms with Gasteiger partial charge in [-0.3, -0.25) is 19.4 Å². The summed E-state index contributed by atoms with van der Waals surface area (Å²) < 4.78 is 47.8. The van der Waals surface area contributed by atoms with Gasteiger partial charge < -0.3 is 19.3 Å². The lowest BCUT2D eigenvalue weighted by atomic mass is 9.92. The fraction of sp³-hybridized carbons (Fsp3) is 0.289. The molecule has 0 bridgehead atoms. The quantitative estimate of drug-likeness (QED) is 0.196. The highest BCUT2D eigenvalue weighted by atomic mass is 35.5. The van der Waals surface area contributed by atoms with Crippen LogP contribution in [0.3, 0.4) is 0 Å². The number of carbonyl (C=O) groups is 2. The summed E-state index contributed by atoms with van der Waals surface area (Å²) in [5.41, 5.74) is 4.48. The van der Waals surface area contributed by atoms with Crippen molar-refractivity contribution in [2.24, 2.45) is 7.05 Å². The second-order valence-corrected chi connectivity index (χ2v) is 13.5. The van der Waals surface area contributed by atoms with Crippen LogP contribution < -0.4 is 4.90 Å². The predicted octanol–water partition coefficient (Wildman–Crippen LogP) is 6.91. The predicted molar refractivity (Wildman–Crippen MR) is 190 cm³/mol. The minimum atomic E-state index is -4.80. The molecular formula is C38H36ClF3N6O4. The molecule has 2 aromatic heterocycles. The summed E-state index contributed by atoms with van der Waals surface area (Å²) >= 11 is 6.56. The van der Waals surface area contributed by atoms with Gasteiger partial charge in [0.2, 0.25) is 0 Å². The number of morpholine rings is 1. The Hall–Kier alpha value is -5.11. The molecule has 0 unspecified atom stereocenters. The van der Waals surface area contributed by atoms with E-state index in [0.29, 0.717) is 60.3 Å². The summed E-state index contributed by atoms with van der Waals surface area (Å²) in [5.74, 6) is -0.904. The van der Waals surface area contributed by atoms with Crippen LogP contribution in [0, 0.1) is 6.92 Å². The van der Waals surface area contributed by atoms with Gasteiger partial charge in [-0.25, -0.2) is 0 Å². The van der Waals surface area contributed by atoms with Crippen molar-refractivity contribution in [3.63, 3.8) is 0 Å². The van der Waals surface area contributed by atoms with Crippen molar-refractivity contribution < 1.29 is 32.6 Å². The molecule has 1 N–H and O–H groups in total. The third-order valence-corrected chi connectivity index (χ3v) is 10.1. The maximum absolute atomic E-state index is 14.7. The number of aromatic hydroxyl groups is 1. The maximum Gasteiger partial charge on any atom is 0.504 e. The van der Waals surface area contributed by atoms with E-state index >= 15 is 0 Å². The van der Waals surface area contributed by atoms with Crippen LogP contribution in [-0.2, 0) is 31.1 Å². The Bertz CT molecular complexity index is 2120. The maximum atomic E-state index is 14.7. The molecule has 0 radical (unpaired) electrons. The molecule has 7 rings (SSSR count). The van der Waals surface area contributed by atoms with Gasteiger partial charge in [-0.1, -0.05) is 35.9 Å².